The third-order valence-electron chi connectivity index (χ3n) is 3.90. The first-order chi connectivity index (χ1) is 11.8. The van der Waals surface area contributed by atoms with Gasteiger partial charge in [0.15, 0.2) is 0 Å². The fourth-order valence-electron chi connectivity index (χ4n) is 2.44. The molecule has 0 aromatic heterocycles. The highest BCUT2D eigenvalue weighted by Gasteiger charge is 2.06. The van der Waals surface area contributed by atoms with Crippen LogP contribution in [0, 0.1) is 0 Å². The van der Waals surface area contributed by atoms with E-state index in [0.717, 1.165) is 6.42 Å². The van der Waals surface area contributed by atoms with Crippen molar-refractivity contribution in [2.45, 2.75) is 71.3 Å². The highest BCUT2D eigenvalue weighted by atomic mass is 16.6. The monoisotopic (exact) mass is 348 g/mol. The van der Waals surface area contributed by atoms with Gasteiger partial charge in [-0.25, -0.2) is 0 Å². The van der Waals surface area contributed by atoms with Crippen LogP contribution in [0.3, 0.4) is 0 Å². The second kappa shape index (κ2) is 20.8. The normalized spacial score (nSPS) is 12.6. The van der Waals surface area contributed by atoms with E-state index in [1.807, 2.05) is 0 Å². The molecule has 0 heterocycles. The lowest BCUT2D eigenvalue weighted by Gasteiger charge is -2.16. The Bertz CT molecular complexity index is 226. The Balaban J connectivity index is 3.25. The lowest BCUT2D eigenvalue weighted by molar-refractivity contribution is -0.0231. The van der Waals surface area contributed by atoms with Gasteiger partial charge in [-0.3, -0.25) is 0 Å². The van der Waals surface area contributed by atoms with Crippen LogP contribution in [0.25, 0.3) is 0 Å². The highest BCUT2D eigenvalue weighted by Crippen LogP contribution is 2.12. The van der Waals surface area contributed by atoms with E-state index in [4.69, 9.17) is 24.1 Å². The Hall–Kier alpha value is -0.200. The molecule has 0 radical (unpaired) electrons. The predicted octanol–water partition coefficient (Wildman–Crippen LogP) is 3.57. The van der Waals surface area contributed by atoms with Crippen molar-refractivity contribution in [3.8, 4) is 0 Å². The van der Waals surface area contributed by atoms with E-state index in [1.54, 1.807) is 0 Å². The molecule has 0 aromatic rings. The van der Waals surface area contributed by atoms with E-state index < -0.39 is 0 Å². The van der Waals surface area contributed by atoms with Crippen LogP contribution < -0.4 is 0 Å². The van der Waals surface area contributed by atoms with Gasteiger partial charge in [0.2, 0.25) is 0 Å². The Morgan fingerprint density at radius 3 is 1.79 bits per heavy atom. The van der Waals surface area contributed by atoms with Crippen LogP contribution in [0.15, 0.2) is 0 Å². The van der Waals surface area contributed by atoms with Crippen LogP contribution in [0.1, 0.15) is 65.2 Å². The minimum Gasteiger partial charge on any atom is -0.394 e. The van der Waals surface area contributed by atoms with Gasteiger partial charge in [-0.05, 0) is 12.8 Å². The lowest BCUT2D eigenvalue weighted by atomic mass is 10.1. The number of aliphatic hydroxyl groups is 1. The van der Waals surface area contributed by atoms with Crippen molar-refractivity contribution in [2.24, 2.45) is 0 Å². The molecule has 24 heavy (non-hydrogen) atoms. The maximum atomic E-state index is 8.54. The van der Waals surface area contributed by atoms with Gasteiger partial charge >= 0.3 is 0 Å². The van der Waals surface area contributed by atoms with Crippen molar-refractivity contribution in [1.29, 1.82) is 0 Å². The molecule has 0 aliphatic carbocycles. The van der Waals surface area contributed by atoms with Crippen molar-refractivity contribution in [1.82, 2.24) is 0 Å². The molecule has 5 heteroatoms. The van der Waals surface area contributed by atoms with E-state index >= 15 is 0 Å². The summed E-state index contributed by atoms with van der Waals surface area (Å²) in [5, 5.41) is 8.54. The van der Waals surface area contributed by atoms with Gasteiger partial charge in [-0.2, -0.15) is 0 Å². The lowest BCUT2D eigenvalue weighted by Crippen LogP contribution is -2.17. The summed E-state index contributed by atoms with van der Waals surface area (Å²) in [6.07, 6.45) is 10.6. The molecule has 0 aromatic carbocycles. The summed E-state index contributed by atoms with van der Waals surface area (Å²) in [5.41, 5.74) is 0. The van der Waals surface area contributed by atoms with Crippen molar-refractivity contribution in [3.05, 3.63) is 0 Å². The topological polar surface area (TPSA) is 57.2 Å². The van der Waals surface area contributed by atoms with Gasteiger partial charge in [-0.1, -0.05) is 52.4 Å². The molecule has 0 spiro atoms. The molecule has 0 aliphatic heterocycles. The number of ether oxygens (including phenoxy) is 4. The zero-order chi connectivity index (χ0) is 17.7. The van der Waals surface area contributed by atoms with E-state index in [0.29, 0.717) is 52.4 Å². The Labute approximate surface area is 149 Å². The van der Waals surface area contributed by atoms with E-state index in [1.165, 1.54) is 44.9 Å². The second-order valence-corrected chi connectivity index (χ2v) is 6.02. The third kappa shape index (κ3) is 18.1. The standard InChI is InChI=1S/C19H40O5/c1-3-5-6-7-8-9-10-19(4-2)24-18-17-23-16-15-22-14-13-21-12-11-20/h19-20H,3-18H2,1-2H3. The summed E-state index contributed by atoms with van der Waals surface area (Å²) in [5.74, 6) is 0. The maximum Gasteiger partial charge on any atom is 0.0704 e. The zero-order valence-corrected chi connectivity index (χ0v) is 16.0. The molecule has 1 unspecified atom stereocenters. The predicted molar refractivity (Wildman–Crippen MR) is 97.6 cm³/mol. The van der Waals surface area contributed by atoms with Gasteiger partial charge in [0.1, 0.15) is 0 Å². The first kappa shape index (κ1) is 23.8. The summed E-state index contributed by atoms with van der Waals surface area (Å²) in [6, 6.07) is 0. The van der Waals surface area contributed by atoms with Crippen molar-refractivity contribution >= 4 is 0 Å². The van der Waals surface area contributed by atoms with Crippen LogP contribution in [0.4, 0.5) is 0 Å². The average Bonchev–Trinajstić information content (AvgIpc) is 2.60. The summed E-state index contributed by atoms with van der Waals surface area (Å²) in [6.45, 7) is 8.35. The molecule has 146 valence electrons. The summed E-state index contributed by atoms with van der Waals surface area (Å²) >= 11 is 0. The summed E-state index contributed by atoms with van der Waals surface area (Å²) in [7, 11) is 0. The van der Waals surface area contributed by atoms with Crippen LogP contribution in [0.5, 0.6) is 0 Å². The van der Waals surface area contributed by atoms with Crippen LogP contribution >= 0.6 is 0 Å². The number of hydrogen-bond donors (Lipinski definition) is 1. The minimum absolute atomic E-state index is 0.0563. The largest absolute Gasteiger partial charge is 0.394 e. The molecule has 0 rings (SSSR count). The van der Waals surface area contributed by atoms with Gasteiger partial charge in [0.05, 0.1) is 59.0 Å². The molecular formula is C19H40O5. The second-order valence-electron chi connectivity index (χ2n) is 6.02. The van der Waals surface area contributed by atoms with E-state index in [9.17, 15) is 0 Å². The fraction of sp³-hybridized carbons (Fsp3) is 1.00. The van der Waals surface area contributed by atoms with Crippen LogP contribution in [-0.2, 0) is 18.9 Å². The van der Waals surface area contributed by atoms with Gasteiger partial charge in [0, 0.05) is 0 Å². The van der Waals surface area contributed by atoms with Crippen molar-refractivity contribution in [2.75, 3.05) is 52.9 Å². The Morgan fingerprint density at radius 2 is 1.21 bits per heavy atom. The quantitative estimate of drug-likeness (QED) is 0.341. The van der Waals surface area contributed by atoms with Gasteiger partial charge in [-0.15, -0.1) is 0 Å². The SMILES string of the molecule is CCCCCCCCC(CC)OCCOCCOCCOCCO. The molecular weight excluding hydrogens is 308 g/mol. The van der Waals surface area contributed by atoms with Gasteiger partial charge in [0.25, 0.3) is 0 Å². The summed E-state index contributed by atoms with van der Waals surface area (Å²) < 4.78 is 21.8. The van der Waals surface area contributed by atoms with Crippen LogP contribution in [0.2, 0.25) is 0 Å². The minimum atomic E-state index is 0.0563. The molecule has 0 fully saturated rings. The molecule has 0 amide bonds. The highest BCUT2D eigenvalue weighted by molar-refractivity contribution is 4.56. The first-order valence-corrected chi connectivity index (χ1v) is 9.80. The number of aliphatic hydroxyl groups excluding tert-OH is 1. The molecule has 1 N–H and O–H groups in total. The average molecular weight is 349 g/mol. The van der Waals surface area contributed by atoms with Crippen LogP contribution in [-0.4, -0.2) is 64.1 Å². The Kier molecular flexibility index (Phi) is 20.7. The van der Waals surface area contributed by atoms with E-state index in [2.05, 4.69) is 13.8 Å². The molecule has 0 bridgehead atoms. The maximum absolute atomic E-state index is 8.54. The zero-order valence-electron chi connectivity index (χ0n) is 16.0. The van der Waals surface area contributed by atoms with Gasteiger partial charge < -0.3 is 24.1 Å². The fourth-order valence-corrected chi connectivity index (χ4v) is 2.44. The number of rotatable bonds is 20. The molecule has 0 saturated heterocycles. The number of unbranched alkanes of at least 4 members (excludes halogenated alkanes) is 5. The third-order valence-corrected chi connectivity index (χ3v) is 3.90. The first-order valence-electron chi connectivity index (χ1n) is 9.80. The molecule has 1 atom stereocenters. The molecule has 5 nitrogen and oxygen atoms in total. The molecule has 0 aliphatic rings. The van der Waals surface area contributed by atoms with Crippen molar-refractivity contribution < 1.29 is 24.1 Å². The Morgan fingerprint density at radius 1 is 0.667 bits per heavy atom. The number of hydrogen-bond acceptors (Lipinski definition) is 5. The smallest absolute Gasteiger partial charge is 0.0704 e. The molecule has 0 saturated carbocycles. The van der Waals surface area contributed by atoms with E-state index in [-0.39, 0.29) is 6.61 Å². The van der Waals surface area contributed by atoms with Crippen molar-refractivity contribution in [3.63, 3.8) is 0 Å². The summed E-state index contributed by atoms with van der Waals surface area (Å²) in [4.78, 5) is 0.